The minimum absolute atomic E-state index is 0.136. The van der Waals surface area contributed by atoms with Gasteiger partial charge in [-0.15, -0.1) is 0 Å². The summed E-state index contributed by atoms with van der Waals surface area (Å²) in [7, 11) is 1.40. The van der Waals surface area contributed by atoms with Gasteiger partial charge < -0.3 is 9.84 Å². The lowest BCUT2D eigenvalue weighted by molar-refractivity contribution is -0.142. The lowest BCUT2D eigenvalue weighted by Gasteiger charge is -2.26. The van der Waals surface area contributed by atoms with Gasteiger partial charge in [-0.05, 0) is 19.4 Å². The molecule has 1 unspecified atom stereocenters. The van der Waals surface area contributed by atoms with Gasteiger partial charge in [-0.1, -0.05) is 12.8 Å². The molecule has 1 aliphatic rings. The minimum atomic E-state index is -0.217. The number of nitrogens with zero attached hydrogens (tertiary/aromatic N) is 1. The fourth-order valence-corrected chi connectivity index (χ4v) is 1.88. The molecule has 0 aromatic rings. The largest absolute Gasteiger partial charge is 0.468 e. The van der Waals surface area contributed by atoms with Crippen LogP contribution in [-0.2, 0) is 9.53 Å². The topological polar surface area (TPSA) is 49.8 Å². The first-order valence-corrected chi connectivity index (χ1v) is 5.19. The maximum absolute atomic E-state index is 11.1. The third-order valence-electron chi connectivity index (χ3n) is 2.77. The Morgan fingerprint density at radius 1 is 1.50 bits per heavy atom. The van der Waals surface area contributed by atoms with Crippen LogP contribution in [0.4, 0.5) is 0 Å². The van der Waals surface area contributed by atoms with Gasteiger partial charge >= 0.3 is 5.97 Å². The molecule has 1 rings (SSSR count). The SMILES string of the molecule is COC(=O)CN1CCCCCC1CO. The number of carbonyl (C=O) groups excluding carboxylic acids is 1. The van der Waals surface area contributed by atoms with Gasteiger partial charge in [-0.25, -0.2) is 0 Å². The number of hydrogen-bond acceptors (Lipinski definition) is 4. The smallest absolute Gasteiger partial charge is 0.319 e. The maximum Gasteiger partial charge on any atom is 0.319 e. The quantitative estimate of drug-likeness (QED) is 0.671. The normalized spacial score (nSPS) is 24.3. The van der Waals surface area contributed by atoms with Gasteiger partial charge in [0.2, 0.25) is 0 Å². The van der Waals surface area contributed by atoms with Crippen molar-refractivity contribution in [2.45, 2.75) is 31.7 Å². The molecule has 4 nitrogen and oxygen atoms in total. The second-order valence-corrected chi connectivity index (χ2v) is 3.73. The Morgan fingerprint density at radius 3 is 2.93 bits per heavy atom. The summed E-state index contributed by atoms with van der Waals surface area (Å²) in [6.07, 6.45) is 4.41. The molecule has 4 heteroatoms. The summed E-state index contributed by atoms with van der Waals surface area (Å²) in [5, 5.41) is 9.18. The summed E-state index contributed by atoms with van der Waals surface area (Å²) < 4.78 is 4.62. The molecule has 1 fully saturated rings. The highest BCUT2D eigenvalue weighted by molar-refractivity contribution is 5.71. The van der Waals surface area contributed by atoms with Crippen LogP contribution < -0.4 is 0 Å². The monoisotopic (exact) mass is 201 g/mol. The van der Waals surface area contributed by atoms with E-state index in [1.54, 1.807) is 0 Å². The Hall–Kier alpha value is -0.610. The number of ether oxygens (including phenoxy) is 1. The van der Waals surface area contributed by atoms with Gasteiger partial charge in [0.1, 0.15) is 0 Å². The van der Waals surface area contributed by atoms with Crippen molar-refractivity contribution in [3.8, 4) is 0 Å². The number of esters is 1. The second kappa shape index (κ2) is 5.98. The first-order valence-electron chi connectivity index (χ1n) is 5.19. The number of hydrogen-bond donors (Lipinski definition) is 1. The van der Waals surface area contributed by atoms with Crippen molar-refractivity contribution in [2.75, 3.05) is 26.8 Å². The summed E-state index contributed by atoms with van der Waals surface area (Å²) in [6, 6.07) is 0.136. The van der Waals surface area contributed by atoms with Crippen LogP contribution in [0, 0.1) is 0 Å². The number of likely N-dealkylation sites (tertiary alicyclic amines) is 1. The first-order chi connectivity index (χ1) is 6.77. The van der Waals surface area contributed by atoms with Crippen LogP contribution in [-0.4, -0.2) is 48.8 Å². The summed E-state index contributed by atoms with van der Waals surface area (Å²) in [5.74, 6) is -0.217. The molecule has 0 spiro atoms. The fraction of sp³-hybridized carbons (Fsp3) is 0.900. The molecule has 0 bridgehead atoms. The van der Waals surface area contributed by atoms with Crippen molar-refractivity contribution in [1.82, 2.24) is 4.90 Å². The van der Waals surface area contributed by atoms with Gasteiger partial charge in [0.05, 0.1) is 20.3 Å². The van der Waals surface area contributed by atoms with E-state index in [0.29, 0.717) is 6.54 Å². The Labute approximate surface area is 84.8 Å². The van der Waals surface area contributed by atoms with Gasteiger partial charge in [-0.2, -0.15) is 0 Å². The third kappa shape index (κ3) is 3.27. The predicted molar refractivity (Wildman–Crippen MR) is 52.9 cm³/mol. The first kappa shape index (κ1) is 11.5. The van der Waals surface area contributed by atoms with Gasteiger partial charge in [0.15, 0.2) is 0 Å². The van der Waals surface area contributed by atoms with E-state index >= 15 is 0 Å². The van der Waals surface area contributed by atoms with Gasteiger partial charge in [0.25, 0.3) is 0 Å². The molecule has 0 amide bonds. The van der Waals surface area contributed by atoms with E-state index in [4.69, 9.17) is 0 Å². The molecule has 1 atom stereocenters. The van der Waals surface area contributed by atoms with E-state index < -0.39 is 0 Å². The summed E-state index contributed by atoms with van der Waals surface area (Å²) in [4.78, 5) is 13.1. The van der Waals surface area contributed by atoms with Crippen LogP contribution >= 0.6 is 0 Å². The van der Waals surface area contributed by atoms with Crippen molar-refractivity contribution in [3.63, 3.8) is 0 Å². The van der Waals surface area contributed by atoms with Crippen LogP contribution in [0.2, 0.25) is 0 Å². The zero-order chi connectivity index (χ0) is 10.4. The van der Waals surface area contributed by atoms with Crippen molar-refractivity contribution in [3.05, 3.63) is 0 Å². The van der Waals surface area contributed by atoms with E-state index in [9.17, 15) is 9.90 Å². The molecule has 0 saturated carbocycles. The molecule has 0 radical (unpaired) electrons. The van der Waals surface area contributed by atoms with Crippen LogP contribution in [0.1, 0.15) is 25.7 Å². The second-order valence-electron chi connectivity index (χ2n) is 3.73. The van der Waals surface area contributed by atoms with E-state index in [-0.39, 0.29) is 18.6 Å². The lowest BCUT2D eigenvalue weighted by Crippen LogP contribution is -2.41. The number of aliphatic hydroxyl groups excluding tert-OH is 1. The van der Waals surface area contributed by atoms with Gasteiger partial charge in [-0.3, -0.25) is 9.69 Å². The molecular formula is C10H19NO3. The van der Waals surface area contributed by atoms with Crippen molar-refractivity contribution >= 4 is 5.97 Å². The Kier molecular flexibility index (Phi) is 4.90. The van der Waals surface area contributed by atoms with E-state index in [1.165, 1.54) is 13.5 Å². The Balaban J connectivity index is 2.47. The average Bonchev–Trinajstić information content (AvgIpc) is 2.42. The summed E-state index contributed by atoms with van der Waals surface area (Å²) >= 11 is 0. The number of carbonyl (C=O) groups is 1. The zero-order valence-electron chi connectivity index (χ0n) is 8.74. The Morgan fingerprint density at radius 2 is 2.29 bits per heavy atom. The third-order valence-corrected chi connectivity index (χ3v) is 2.77. The van der Waals surface area contributed by atoms with Crippen LogP contribution in [0.5, 0.6) is 0 Å². The van der Waals surface area contributed by atoms with Crippen LogP contribution in [0.3, 0.4) is 0 Å². The highest BCUT2D eigenvalue weighted by Crippen LogP contribution is 2.15. The number of rotatable bonds is 3. The molecule has 82 valence electrons. The highest BCUT2D eigenvalue weighted by Gasteiger charge is 2.22. The molecule has 0 aliphatic carbocycles. The van der Waals surface area contributed by atoms with Crippen molar-refractivity contribution in [1.29, 1.82) is 0 Å². The number of methoxy groups -OCH3 is 1. The molecule has 1 saturated heterocycles. The maximum atomic E-state index is 11.1. The fourth-order valence-electron chi connectivity index (χ4n) is 1.88. The molecule has 14 heavy (non-hydrogen) atoms. The Bertz CT molecular complexity index is 184. The van der Waals surface area contributed by atoms with Crippen LogP contribution in [0.15, 0.2) is 0 Å². The molecule has 1 aliphatic heterocycles. The molecule has 0 aromatic carbocycles. The number of aliphatic hydroxyl groups is 1. The summed E-state index contributed by atoms with van der Waals surface area (Å²) in [5.41, 5.74) is 0. The lowest BCUT2D eigenvalue weighted by atomic mass is 10.1. The van der Waals surface area contributed by atoms with E-state index in [0.717, 1.165) is 25.8 Å². The van der Waals surface area contributed by atoms with Crippen molar-refractivity contribution < 1.29 is 14.6 Å². The molecule has 0 aromatic heterocycles. The van der Waals surface area contributed by atoms with E-state index in [1.807, 2.05) is 4.90 Å². The molecule has 1 heterocycles. The van der Waals surface area contributed by atoms with Crippen LogP contribution in [0.25, 0.3) is 0 Å². The van der Waals surface area contributed by atoms with E-state index in [2.05, 4.69) is 4.74 Å². The predicted octanol–water partition coefficient (Wildman–Crippen LogP) is 0.396. The highest BCUT2D eigenvalue weighted by atomic mass is 16.5. The molecular weight excluding hydrogens is 182 g/mol. The van der Waals surface area contributed by atoms with Gasteiger partial charge in [0, 0.05) is 6.04 Å². The standard InChI is InChI=1S/C10H19NO3/c1-14-10(13)7-11-6-4-2-3-5-9(11)8-12/h9,12H,2-8H2,1H3. The molecule has 1 N–H and O–H groups in total. The zero-order valence-corrected chi connectivity index (χ0v) is 8.74. The summed E-state index contributed by atoms with van der Waals surface area (Å²) in [6.45, 7) is 1.33. The van der Waals surface area contributed by atoms with Crippen molar-refractivity contribution in [2.24, 2.45) is 0 Å². The minimum Gasteiger partial charge on any atom is -0.468 e. The average molecular weight is 201 g/mol.